The fraction of sp³-hybridized carbons (Fsp3) is 0.260. The summed E-state index contributed by atoms with van der Waals surface area (Å²) >= 11 is 55.8. The predicted octanol–water partition coefficient (Wildman–Crippen LogP) is 18.1. The van der Waals surface area contributed by atoms with Crippen LogP contribution in [0.4, 0.5) is 0 Å². The zero-order chi connectivity index (χ0) is 70.9. The van der Waals surface area contributed by atoms with Crippen LogP contribution in [0.2, 0.25) is 45.8 Å². The molecule has 3 atom stereocenters. The molecule has 29 heteroatoms. The molecule has 0 spiro atoms. The lowest BCUT2D eigenvalue weighted by molar-refractivity contribution is 0.0798. The lowest BCUT2D eigenvalue weighted by atomic mass is 10.0. The Hall–Kier alpha value is -7.61. The zero-order valence-electron chi connectivity index (χ0n) is 54.3. The summed E-state index contributed by atoms with van der Waals surface area (Å²) in [7, 11) is 0. The largest absolute Gasteiger partial charge is 0.445 e. The quantitative estimate of drug-likeness (QED) is 0.0980. The molecule has 20 nitrogen and oxygen atoms in total. The van der Waals surface area contributed by atoms with Gasteiger partial charge in [0.1, 0.15) is 17.3 Å². The van der Waals surface area contributed by atoms with Gasteiger partial charge < -0.3 is 32.8 Å². The molecule has 5 aliphatic heterocycles. The number of carbonyl (C=O) groups excluding carboxylic acids is 3. The number of hydrogen-bond donors (Lipinski definition) is 3. The average Bonchev–Trinajstić information content (AvgIpc) is 1.61. The van der Waals surface area contributed by atoms with Gasteiger partial charge in [-0.05, 0) is 194 Å². The predicted molar refractivity (Wildman–Crippen MR) is 395 cm³/mol. The van der Waals surface area contributed by atoms with Gasteiger partial charge in [-0.1, -0.05) is 106 Å². The van der Waals surface area contributed by atoms with Crippen LogP contribution in [0.3, 0.4) is 0 Å². The molecule has 3 fully saturated rings. The standard InChI is InChI=1S/C26H20Cl3N3O3.C25H23Cl3N4O3.C22H19Cl3N4O3/c1-15(16-5-3-2-4-6-16)30-26(33)24-20-14-34-13-17(11-19-8-10-23(29)35-19)25(20)32(31-24)22-9-7-18(27)12-21(22)28;26-17-4-6-21(20(27)9-17)32-24-16(8-18-5-7-22(28)35-18)12-34-13-19(24)23(29-32)25(33)30-31-10-14-2-1-3-15(14)11-31;23-14-3-5-18(17(24)10-14)29-21-13(9-15-4-6-19(25)32-15)11-31-12-16(21)20(26-29)22(30)27-28-7-1-2-8-28/h2-12,15H,13-14H2,1H3,(H,30,33);4-9,14-15H,1-3,10-13H2,(H,30,33);3-6,9-10H,1-2,7-8,11-12H2,(H,27,30)/b17-11+;16-8+;13-9+/t15-;;/m0../s1. The molecule has 3 N–H and O–H groups in total. The van der Waals surface area contributed by atoms with Gasteiger partial charge in [-0.2, -0.15) is 15.3 Å². The third-order valence-electron chi connectivity index (χ3n) is 18.2. The minimum atomic E-state index is -0.313. The Bertz CT molecular complexity index is 4920. The van der Waals surface area contributed by atoms with Gasteiger partial charge in [-0.15, -0.1) is 0 Å². The normalized spacial score (nSPS) is 18.6. The highest BCUT2D eigenvalue weighted by Crippen LogP contribution is 2.41. The van der Waals surface area contributed by atoms with Gasteiger partial charge in [0.25, 0.3) is 17.7 Å². The Morgan fingerprint density at radius 2 is 0.824 bits per heavy atom. The SMILES string of the molecule is C[C@H](NC(=O)c1nn(-c2ccc(Cl)cc2Cl)c2c1COC/C2=C\c1ccc(Cl)o1)c1ccccc1.O=C(NN1CC2CCCC2C1)c1nn(-c2ccc(Cl)cc2Cl)c2c1COC/C2=C\c1ccc(Cl)o1.O=C(NN1CCCC1)c1nn(-c2ccc(Cl)cc2Cl)c2c1COC/C2=C\c1ccc(Cl)o1. The smallest absolute Gasteiger partial charge is 0.286 e. The number of amides is 3. The van der Waals surface area contributed by atoms with Crippen molar-refractivity contribution in [1.82, 2.24) is 55.5 Å². The summed E-state index contributed by atoms with van der Waals surface area (Å²) in [6.07, 6.45) is 11.3. The molecule has 6 aromatic heterocycles. The molecular weight excluding hydrogens is 1490 g/mol. The van der Waals surface area contributed by atoms with E-state index in [1.165, 1.54) is 19.3 Å². The van der Waals surface area contributed by atoms with E-state index in [-0.39, 0.29) is 59.7 Å². The number of fused-ring (bicyclic) bond motifs is 4. The molecule has 16 rings (SSSR count). The molecule has 3 amide bonds. The van der Waals surface area contributed by atoms with Crippen LogP contribution in [0, 0.1) is 11.8 Å². The Balaban J connectivity index is 0.000000130. The number of benzene rings is 4. The number of nitrogens with zero attached hydrogens (tertiary/aromatic N) is 8. The molecule has 10 aromatic rings. The summed E-state index contributed by atoms with van der Waals surface area (Å²) in [5.41, 5.74) is 16.3. The second kappa shape index (κ2) is 31.4. The van der Waals surface area contributed by atoms with Crippen molar-refractivity contribution in [2.75, 3.05) is 46.0 Å². The van der Waals surface area contributed by atoms with E-state index in [2.05, 4.69) is 21.3 Å². The molecule has 102 heavy (non-hydrogen) atoms. The van der Waals surface area contributed by atoms with Gasteiger partial charge in [0.15, 0.2) is 32.7 Å². The maximum absolute atomic E-state index is 13.5. The summed E-state index contributed by atoms with van der Waals surface area (Å²) in [6, 6.07) is 35.3. The zero-order valence-corrected chi connectivity index (χ0v) is 61.1. The number of hydrazine groups is 2. The molecule has 6 aliphatic rings. The van der Waals surface area contributed by atoms with Crippen molar-refractivity contribution < 1.29 is 41.8 Å². The summed E-state index contributed by atoms with van der Waals surface area (Å²) in [4.78, 5) is 40.0. The lowest BCUT2D eigenvalue weighted by Gasteiger charge is -2.20. The Labute approximate surface area is 630 Å². The Morgan fingerprint density at radius 3 is 1.19 bits per heavy atom. The van der Waals surface area contributed by atoms with E-state index in [0.717, 1.165) is 72.7 Å². The maximum atomic E-state index is 13.5. The summed E-state index contributed by atoms with van der Waals surface area (Å²) in [5.74, 6) is 2.17. The molecule has 1 aliphatic carbocycles. The van der Waals surface area contributed by atoms with Crippen molar-refractivity contribution in [2.24, 2.45) is 11.8 Å². The van der Waals surface area contributed by atoms with E-state index in [9.17, 15) is 14.4 Å². The van der Waals surface area contributed by atoms with E-state index in [1.807, 2.05) is 65.5 Å². The number of nitrogens with one attached hydrogen (secondary N) is 3. The van der Waals surface area contributed by atoms with Gasteiger partial charge in [-0.25, -0.2) is 24.1 Å². The molecule has 11 heterocycles. The topological polar surface area (TPSA) is 214 Å². The molecular formula is C73H62Cl9N11O9. The first kappa shape index (κ1) is 71.4. The average molecular weight is 1560 g/mol. The van der Waals surface area contributed by atoms with Crippen molar-refractivity contribution in [3.05, 3.63) is 241 Å². The van der Waals surface area contributed by atoms with Crippen molar-refractivity contribution in [3.63, 3.8) is 0 Å². The monoisotopic (exact) mass is 1550 g/mol. The summed E-state index contributed by atoms with van der Waals surface area (Å²) < 4.78 is 39.1. The lowest BCUT2D eigenvalue weighted by Crippen LogP contribution is -2.41. The summed E-state index contributed by atoms with van der Waals surface area (Å²) in [5, 5.41) is 24.7. The highest BCUT2D eigenvalue weighted by Gasteiger charge is 2.39. The van der Waals surface area contributed by atoms with Crippen LogP contribution < -0.4 is 16.2 Å². The van der Waals surface area contributed by atoms with Gasteiger partial charge in [0.05, 0.1) is 94.9 Å². The minimum absolute atomic E-state index is 0.214. The molecule has 1 saturated carbocycles. The van der Waals surface area contributed by atoms with E-state index in [1.54, 1.807) is 105 Å². The highest BCUT2D eigenvalue weighted by atomic mass is 35.5. The third-order valence-corrected chi connectivity index (χ3v) is 20.4. The van der Waals surface area contributed by atoms with Crippen LogP contribution in [0.25, 0.3) is 52.0 Å². The second-order valence-corrected chi connectivity index (χ2v) is 28.6. The van der Waals surface area contributed by atoms with Gasteiger partial charge in [0, 0.05) is 74.7 Å². The van der Waals surface area contributed by atoms with E-state index in [4.69, 9.17) is 142 Å². The highest BCUT2D eigenvalue weighted by molar-refractivity contribution is 6.37. The fourth-order valence-electron chi connectivity index (χ4n) is 13.5. The fourth-order valence-corrected chi connectivity index (χ4v) is 15.4. The van der Waals surface area contributed by atoms with Crippen LogP contribution in [0.15, 0.2) is 135 Å². The minimum Gasteiger partial charge on any atom is -0.445 e. The Kier molecular flexibility index (Phi) is 22.0. The van der Waals surface area contributed by atoms with Gasteiger partial charge in [-0.3, -0.25) is 25.2 Å². The molecule has 2 saturated heterocycles. The number of hydrogen-bond acceptors (Lipinski definition) is 14. The number of ether oxygens (including phenoxy) is 3. The van der Waals surface area contributed by atoms with Crippen molar-refractivity contribution in [3.8, 4) is 17.1 Å². The van der Waals surface area contributed by atoms with Crippen LogP contribution in [0.5, 0.6) is 0 Å². The Morgan fingerprint density at radius 1 is 0.451 bits per heavy atom. The number of carbonyl (C=O) groups is 3. The number of rotatable bonds is 13. The number of furan rings is 3. The number of halogens is 9. The first-order valence-corrected chi connectivity index (χ1v) is 36.1. The van der Waals surface area contributed by atoms with E-state index >= 15 is 0 Å². The van der Waals surface area contributed by atoms with Crippen LogP contribution >= 0.6 is 104 Å². The van der Waals surface area contributed by atoms with Crippen molar-refractivity contribution >= 4 is 157 Å². The second-order valence-electron chi connectivity index (χ2n) is 25.0. The van der Waals surface area contributed by atoms with Crippen LogP contribution in [-0.4, -0.2) is 103 Å². The molecule has 0 radical (unpaired) electrons. The van der Waals surface area contributed by atoms with Crippen LogP contribution in [-0.2, 0) is 34.0 Å². The van der Waals surface area contributed by atoms with Crippen LogP contribution in [0.1, 0.15) is 133 Å². The molecule has 4 aromatic carbocycles. The van der Waals surface area contributed by atoms with E-state index < -0.39 is 0 Å². The summed E-state index contributed by atoms with van der Waals surface area (Å²) in [6.45, 7) is 6.97. The number of aromatic nitrogens is 6. The van der Waals surface area contributed by atoms with Gasteiger partial charge >= 0.3 is 0 Å². The first-order chi connectivity index (χ1) is 49.4. The maximum Gasteiger partial charge on any atom is 0.286 e. The first-order valence-electron chi connectivity index (χ1n) is 32.7. The van der Waals surface area contributed by atoms with Crippen molar-refractivity contribution in [1.29, 1.82) is 0 Å². The third kappa shape index (κ3) is 15.7. The molecule has 526 valence electrons. The molecule has 2 unspecified atom stereocenters. The van der Waals surface area contributed by atoms with Gasteiger partial charge in [0.2, 0.25) is 0 Å². The molecule has 0 bridgehead atoms. The van der Waals surface area contributed by atoms with E-state index in [0.29, 0.717) is 135 Å². The van der Waals surface area contributed by atoms with Crippen molar-refractivity contribution in [2.45, 2.75) is 64.9 Å².